The summed E-state index contributed by atoms with van der Waals surface area (Å²) in [6.45, 7) is 6.91. The lowest BCUT2D eigenvalue weighted by Gasteiger charge is -2.35. The fourth-order valence-electron chi connectivity index (χ4n) is 3.19. The third kappa shape index (κ3) is 3.36. The van der Waals surface area contributed by atoms with E-state index in [4.69, 9.17) is 0 Å². The molecule has 24 heavy (non-hydrogen) atoms. The average molecular weight is 337 g/mol. The first kappa shape index (κ1) is 18.6. The predicted octanol–water partition coefficient (Wildman–Crippen LogP) is 4.12. The number of aliphatic hydroxyl groups is 1. The molecule has 0 aliphatic carbocycles. The van der Waals surface area contributed by atoms with E-state index in [1.54, 1.807) is 0 Å². The Morgan fingerprint density at radius 2 is 2.00 bits per heavy atom. The van der Waals surface area contributed by atoms with Crippen molar-refractivity contribution in [1.29, 1.82) is 0 Å². The molecule has 1 heterocycles. The summed E-state index contributed by atoms with van der Waals surface area (Å²) in [6, 6.07) is 6.02. The molecule has 2 atom stereocenters. The highest BCUT2D eigenvalue weighted by Gasteiger charge is 2.47. The average Bonchev–Trinajstić information content (AvgIpc) is 2.60. The summed E-state index contributed by atoms with van der Waals surface area (Å²) in [5.74, 6) is -3.54. The van der Waals surface area contributed by atoms with Crippen molar-refractivity contribution in [3.05, 3.63) is 48.0 Å². The molecular formula is C19H25F2NO2. The SMILES string of the molecule is C=CC(F)(F)C(C)(O)c1ccc(C(=O)N2CCCCC2CC)cc1. The van der Waals surface area contributed by atoms with Crippen LogP contribution in [0.15, 0.2) is 36.9 Å². The van der Waals surface area contributed by atoms with Gasteiger partial charge in [-0.2, -0.15) is 8.78 Å². The van der Waals surface area contributed by atoms with Gasteiger partial charge in [-0.3, -0.25) is 4.79 Å². The monoisotopic (exact) mass is 337 g/mol. The lowest BCUT2D eigenvalue weighted by atomic mass is 9.88. The molecular weight excluding hydrogens is 312 g/mol. The summed E-state index contributed by atoms with van der Waals surface area (Å²) in [5.41, 5.74) is -1.86. The third-order valence-electron chi connectivity index (χ3n) is 4.96. The largest absolute Gasteiger partial charge is 0.379 e. The maximum atomic E-state index is 13.8. The Hall–Kier alpha value is -1.75. The first-order chi connectivity index (χ1) is 11.2. The van der Waals surface area contributed by atoms with E-state index in [2.05, 4.69) is 13.5 Å². The summed E-state index contributed by atoms with van der Waals surface area (Å²) in [6.07, 6.45) is 4.46. The number of rotatable bonds is 5. The van der Waals surface area contributed by atoms with Crippen LogP contribution in [0, 0.1) is 0 Å². The van der Waals surface area contributed by atoms with Gasteiger partial charge in [-0.05, 0) is 56.4 Å². The summed E-state index contributed by atoms with van der Waals surface area (Å²) in [7, 11) is 0. The molecule has 1 aromatic carbocycles. The number of halogens is 2. The maximum absolute atomic E-state index is 13.8. The van der Waals surface area contributed by atoms with Crippen LogP contribution < -0.4 is 0 Å². The number of carbonyl (C=O) groups excluding carboxylic acids is 1. The minimum absolute atomic E-state index is 0.0506. The van der Waals surface area contributed by atoms with E-state index < -0.39 is 11.5 Å². The van der Waals surface area contributed by atoms with Gasteiger partial charge in [0.15, 0.2) is 5.60 Å². The lowest BCUT2D eigenvalue weighted by Crippen LogP contribution is -2.43. The summed E-state index contributed by atoms with van der Waals surface area (Å²) in [4.78, 5) is 14.6. The first-order valence-electron chi connectivity index (χ1n) is 8.40. The zero-order valence-electron chi connectivity index (χ0n) is 14.3. The van der Waals surface area contributed by atoms with Crippen molar-refractivity contribution in [2.45, 2.75) is 57.1 Å². The van der Waals surface area contributed by atoms with E-state index in [9.17, 15) is 18.7 Å². The van der Waals surface area contributed by atoms with Gasteiger partial charge < -0.3 is 10.0 Å². The second kappa shape index (κ2) is 7.01. The Morgan fingerprint density at radius 1 is 1.38 bits per heavy atom. The first-order valence-corrected chi connectivity index (χ1v) is 8.40. The number of hydrogen-bond acceptors (Lipinski definition) is 2. The van der Waals surface area contributed by atoms with Gasteiger partial charge in [0.1, 0.15) is 0 Å². The highest BCUT2D eigenvalue weighted by atomic mass is 19.3. The van der Waals surface area contributed by atoms with Crippen LogP contribution in [0.5, 0.6) is 0 Å². The molecule has 2 rings (SSSR count). The van der Waals surface area contributed by atoms with E-state index in [1.165, 1.54) is 24.3 Å². The summed E-state index contributed by atoms with van der Waals surface area (Å²) < 4.78 is 27.6. The molecule has 0 saturated carbocycles. The number of alkyl halides is 2. The van der Waals surface area contributed by atoms with Crippen molar-refractivity contribution in [3.63, 3.8) is 0 Å². The molecule has 0 bridgehead atoms. The molecule has 0 spiro atoms. The Morgan fingerprint density at radius 3 is 2.54 bits per heavy atom. The van der Waals surface area contributed by atoms with E-state index >= 15 is 0 Å². The highest BCUT2D eigenvalue weighted by Crippen LogP contribution is 2.38. The molecule has 1 aliphatic heterocycles. The van der Waals surface area contributed by atoms with Crippen molar-refractivity contribution >= 4 is 5.91 Å². The van der Waals surface area contributed by atoms with Gasteiger partial charge in [0, 0.05) is 18.2 Å². The molecule has 1 amide bonds. The quantitative estimate of drug-likeness (QED) is 0.821. The molecule has 5 heteroatoms. The van der Waals surface area contributed by atoms with Crippen molar-refractivity contribution in [2.75, 3.05) is 6.54 Å². The molecule has 132 valence electrons. The van der Waals surface area contributed by atoms with Crippen molar-refractivity contribution in [2.24, 2.45) is 0 Å². The van der Waals surface area contributed by atoms with E-state index in [0.29, 0.717) is 11.6 Å². The third-order valence-corrected chi connectivity index (χ3v) is 4.96. The molecule has 1 saturated heterocycles. The topological polar surface area (TPSA) is 40.5 Å². The van der Waals surface area contributed by atoms with E-state index in [-0.39, 0.29) is 17.5 Å². The van der Waals surface area contributed by atoms with Crippen LogP contribution in [0.4, 0.5) is 8.78 Å². The lowest BCUT2D eigenvalue weighted by molar-refractivity contribution is -0.144. The molecule has 1 fully saturated rings. The minimum atomic E-state index is -3.46. The minimum Gasteiger partial charge on any atom is -0.379 e. The predicted molar refractivity (Wildman–Crippen MR) is 90.1 cm³/mol. The Kier molecular flexibility index (Phi) is 5.43. The Bertz CT molecular complexity index is 596. The van der Waals surface area contributed by atoms with E-state index in [0.717, 1.165) is 39.2 Å². The maximum Gasteiger partial charge on any atom is 0.298 e. The second-order valence-electron chi connectivity index (χ2n) is 6.53. The smallest absolute Gasteiger partial charge is 0.298 e. The fraction of sp³-hybridized carbons (Fsp3) is 0.526. The Balaban J connectivity index is 2.23. The van der Waals surface area contributed by atoms with Gasteiger partial charge in [0.2, 0.25) is 0 Å². The van der Waals surface area contributed by atoms with Crippen LogP contribution in [-0.4, -0.2) is 34.4 Å². The van der Waals surface area contributed by atoms with Crippen molar-refractivity contribution in [1.82, 2.24) is 4.90 Å². The van der Waals surface area contributed by atoms with Crippen LogP contribution in [0.3, 0.4) is 0 Å². The number of likely N-dealkylation sites (tertiary alicyclic amines) is 1. The zero-order chi connectivity index (χ0) is 18.0. The van der Waals surface area contributed by atoms with Crippen LogP contribution >= 0.6 is 0 Å². The summed E-state index contributed by atoms with van der Waals surface area (Å²) in [5, 5.41) is 10.2. The number of nitrogens with zero attached hydrogens (tertiary/aromatic N) is 1. The Labute approximate surface area is 142 Å². The highest BCUT2D eigenvalue weighted by molar-refractivity contribution is 5.94. The standard InChI is InChI=1S/C19H25F2NO2/c1-4-16-8-6-7-13-22(16)17(23)14-9-11-15(12-10-14)18(3,24)19(20,21)5-2/h5,9-12,16,24H,2,4,6-8,13H2,1,3H3. The van der Waals surface area contributed by atoms with Crippen molar-refractivity contribution in [3.8, 4) is 0 Å². The molecule has 1 aliphatic rings. The fourth-order valence-corrected chi connectivity index (χ4v) is 3.19. The second-order valence-corrected chi connectivity index (χ2v) is 6.53. The molecule has 1 aromatic rings. The zero-order valence-corrected chi connectivity index (χ0v) is 14.3. The van der Waals surface area contributed by atoms with Gasteiger partial charge in [0.25, 0.3) is 11.8 Å². The van der Waals surface area contributed by atoms with Gasteiger partial charge in [-0.15, -0.1) is 0 Å². The molecule has 1 N–H and O–H groups in total. The number of amides is 1. The van der Waals surface area contributed by atoms with Crippen LogP contribution in [-0.2, 0) is 5.60 Å². The molecule has 0 aromatic heterocycles. The van der Waals surface area contributed by atoms with Gasteiger partial charge >= 0.3 is 0 Å². The number of benzene rings is 1. The van der Waals surface area contributed by atoms with Gasteiger partial charge in [-0.1, -0.05) is 25.6 Å². The molecule has 3 nitrogen and oxygen atoms in total. The van der Waals surface area contributed by atoms with E-state index in [1.807, 2.05) is 4.90 Å². The number of hydrogen-bond donors (Lipinski definition) is 1. The van der Waals surface area contributed by atoms with Gasteiger partial charge in [0.05, 0.1) is 0 Å². The van der Waals surface area contributed by atoms with Gasteiger partial charge in [-0.25, -0.2) is 0 Å². The normalized spacial score (nSPS) is 21.2. The van der Waals surface area contributed by atoms with Crippen LogP contribution in [0.2, 0.25) is 0 Å². The number of piperidine rings is 1. The molecule has 2 unspecified atom stereocenters. The van der Waals surface area contributed by atoms with Crippen LogP contribution in [0.1, 0.15) is 55.5 Å². The molecule has 0 radical (unpaired) electrons. The van der Waals surface area contributed by atoms with Crippen LogP contribution in [0.25, 0.3) is 0 Å². The summed E-state index contributed by atoms with van der Waals surface area (Å²) >= 11 is 0. The van der Waals surface area contributed by atoms with Crippen molar-refractivity contribution < 1.29 is 18.7 Å². The number of carbonyl (C=O) groups is 1.